The van der Waals surface area contributed by atoms with Crippen molar-refractivity contribution in [3.05, 3.63) is 87.7 Å². The van der Waals surface area contributed by atoms with Gasteiger partial charge in [0.1, 0.15) is 5.56 Å². The van der Waals surface area contributed by atoms with Gasteiger partial charge in [-0.2, -0.15) is 13.2 Å². The van der Waals surface area contributed by atoms with Gasteiger partial charge >= 0.3 is 6.18 Å². The predicted molar refractivity (Wildman–Crippen MR) is 130 cm³/mol. The first-order valence-electron chi connectivity index (χ1n) is 11.4. The number of rotatable bonds is 5. The molecule has 0 atom stereocenters. The van der Waals surface area contributed by atoms with E-state index in [2.05, 4.69) is 10.3 Å². The number of carbonyl (C=O) groups excluding carboxylic acids is 2. The van der Waals surface area contributed by atoms with Crippen molar-refractivity contribution >= 4 is 17.5 Å². The molecule has 188 valence electrons. The Morgan fingerprint density at radius 3 is 2.36 bits per heavy atom. The normalized spacial score (nSPS) is 14.5. The topological polar surface area (TPSA) is 85.5 Å². The number of anilines is 1. The van der Waals surface area contributed by atoms with E-state index in [1.165, 1.54) is 29.2 Å². The fourth-order valence-corrected chi connectivity index (χ4v) is 4.13. The molecule has 2 heterocycles. The number of halogens is 3. The van der Waals surface area contributed by atoms with E-state index >= 15 is 0 Å². The van der Waals surface area contributed by atoms with Crippen LogP contribution in [0.4, 0.5) is 18.9 Å². The number of para-hydroxylation sites is 1. The fourth-order valence-electron chi connectivity index (χ4n) is 4.13. The number of benzene rings is 2. The summed E-state index contributed by atoms with van der Waals surface area (Å²) in [6, 6.07) is 15.6. The van der Waals surface area contributed by atoms with Crippen molar-refractivity contribution in [2.75, 3.05) is 38.0 Å². The van der Waals surface area contributed by atoms with Gasteiger partial charge < -0.3 is 15.2 Å². The van der Waals surface area contributed by atoms with E-state index in [4.69, 9.17) is 0 Å². The summed E-state index contributed by atoms with van der Waals surface area (Å²) < 4.78 is 39.4. The molecule has 10 heteroatoms. The van der Waals surface area contributed by atoms with Crippen LogP contribution in [0.1, 0.15) is 21.5 Å². The highest BCUT2D eigenvalue weighted by Crippen LogP contribution is 2.34. The summed E-state index contributed by atoms with van der Waals surface area (Å²) in [5.41, 5.74) is 0.846. The first-order valence-corrected chi connectivity index (χ1v) is 11.4. The summed E-state index contributed by atoms with van der Waals surface area (Å²) in [6.45, 7) is 3.09. The number of piperazine rings is 1. The van der Waals surface area contributed by atoms with E-state index in [0.717, 1.165) is 17.2 Å². The van der Waals surface area contributed by atoms with Crippen molar-refractivity contribution in [3.8, 4) is 11.3 Å². The molecule has 0 bridgehead atoms. The highest BCUT2D eigenvalue weighted by molar-refractivity contribution is 5.94. The molecule has 1 aliphatic rings. The summed E-state index contributed by atoms with van der Waals surface area (Å²) >= 11 is 0. The Balaban J connectivity index is 1.34. The molecule has 0 radical (unpaired) electrons. The van der Waals surface area contributed by atoms with Gasteiger partial charge in [-0.1, -0.05) is 35.9 Å². The largest absolute Gasteiger partial charge is 0.418 e. The molecular weight excluding hydrogens is 473 g/mol. The van der Waals surface area contributed by atoms with Crippen LogP contribution in [-0.2, 0) is 11.0 Å². The van der Waals surface area contributed by atoms with Crippen molar-refractivity contribution in [2.45, 2.75) is 13.1 Å². The van der Waals surface area contributed by atoms with Crippen LogP contribution >= 0.6 is 0 Å². The lowest BCUT2D eigenvalue weighted by Gasteiger charge is -2.34. The van der Waals surface area contributed by atoms with Crippen molar-refractivity contribution in [2.24, 2.45) is 0 Å². The Morgan fingerprint density at radius 2 is 1.69 bits per heavy atom. The summed E-state index contributed by atoms with van der Waals surface area (Å²) in [4.78, 5) is 44.0. The maximum atomic E-state index is 13.1. The number of amides is 2. The van der Waals surface area contributed by atoms with Gasteiger partial charge in [0, 0.05) is 31.9 Å². The summed E-state index contributed by atoms with van der Waals surface area (Å²) in [5.74, 6) is -0.982. The van der Waals surface area contributed by atoms with Crippen LogP contribution in [0.3, 0.4) is 0 Å². The van der Waals surface area contributed by atoms with E-state index in [1.807, 2.05) is 31.2 Å². The second-order valence-electron chi connectivity index (χ2n) is 8.64. The Kier molecular flexibility index (Phi) is 7.25. The number of aromatic amines is 1. The van der Waals surface area contributed by atoms with Crippen LogP contribution in [-0.4, -0.2) is 59.3 Å². The average Bonchev–Trinajstić information content (AvgIpc) is 2.83. The zero-order valence-electron chi connectivity index (χ0n) is 19.6. The smallest absolute Gasteiger partial charge is 0.336 e. The zero-order chi connectivity index (χ0) is 25.9. The number of pyridine rings is 1. The van der Waals surface area contributed by atoms with Crippen LogP contribution in [0.5, 0.6) is 0 Å². The van der Waals surface area contributed by atoms with Gasteiger partial charge in [0.25, 0.3) is 11.5 Å². The number of nitrogens with zero attached hydrogens (tertiary/aromatic N) is 2. The minimum atomic E-state index is -4.58. The van der Waals surface area contributed by atoms with E-state index in [9.17, 15) is 27.6 Å². The molecule has 0 aliphatic carbocycles. The molecule has 2 amide bonds. The lowest BCUT2D eigenvalue weighted by molar-refractivity contribution is -0.137. The van der Waals surface area contributed by atoms with Crippen molar-refractivity contribution in [1.29, 1.82) is 0 Å². The standard InChI is InChI=1S/C26H25F3N4O3/c1-17-5-4-6-18(15-17)21-10-9-19(24(35)31-21)25(36)33-13-11-32(12-14-33)16-23(34)30-22-8-3-2-7-20(22)26(27,28)29/h2-10,15H,11-14,16H2,1H3,(H,30,34)(H,31,35). The van der Waals surface area contributed by atoms with Gasteiger partial charge in [0.05, 0.1) is 17.8 Å². The third-order valence-electron chi connectivity index (χ3n) is 6.00. The Hall–Kier alpha value is -3.92. The maximum Gasteiger partial charge on any atom is 0.418 e. The molecule has 1 aliphatic heterocycles. The number of alkyl halides is 3. The minimum Gasteiger partial charge on any atom is -0.336 e. The van der Waals surface area contributed by atoms with Crippen LogP contribution < -0.4 is 10.9 Å². The SMILES string of the molecule is Cc1cccc(-c2ccc(C(=O)N3CCN(CC(=O)Nc4ccccc4C(F)(F)F)CC3)c(=O)[nH]2)c1. The summed E-state index contributed by atoms with van der Waals surface area (Å²) in [7, 11) is 0. The third kappa shape index (κ3) is 5.83. The first-order chi connectivity index (χ1) is 17.1. The molecule has 2 N–H and O–H groups in total. The number of H-pyrrole nitrogens is 1. The van der Waals surface area contributed by atoms with E-state index in [0.29, 0.717) is 18.8 Å². The number of carbonyl (C=O) groups is 2. The van der Waals surface area contributed by atoms with Gasteiger partial charge in [-0.25, -0.2) is 0 Å². The molecule has 0 saturated carbocycles. The second-order valence-corrected chi connectivity index (χ2v) is 8.64. The lowest BCUT2D eigenvalue weighted by Crippen LogP contribution is -2.51. The van der Waals surface area contributed by atoms with Crippen LogP contribution in [0.2, 0.25) is 0 Å². The molecule has 2 aromatic carbocycles. The third-order valence-corrected chi connectivity index (χ3v) is 6.00. The van der Waals surface area contributed by atoms with E-state index < -0.39 is 29.1 Å². The summed E-state index contributed by atoms with van der Waals surface area (Å²) in [5, 5.41) is 2.33. The van der Waals surface area contributed by atoms with Crippen molar-refractivity contribution in [3.63, 3.8) is 0 Å². The van der Waals surface area contributed by atoms with Gasteiger partial charge in [0.15, 0.2) is 0 Å². The minimum absolute atomic E-state index is 0.0290. The van der Waals surface area contributed by atoms with Gasteiger partial charge in [-0.15, -0.1) is 0 Å². The van der Waals surface area contributed by atoms with E-state index in [1.54, 1.807) is 11.0 Å². The molecule has 0 unspecified atom stereocenters. The Labute approximate surface area is 205 Å². The van der Waals surface area contributed by atoms with E-state index in [-0.39, 0.29) is 30.9 Å². The molecule has 7 nitrogen and oxygen atoms in total. The first kappa shape index (κ1) is 25.2. The molecule has 1 saturated heterocycles. The molecule has 36 heavy (non-hydrogen) atoms. The van der Waals surface area contributed by atoms with Gasteiger partial charge in [0.2, 0.25) is 5.91 Å². The Morgan fingerprint density at radius 1 is 0.972 bits per heavy atom. The fraction of sp³-hybridized carbons (Fsp3) is 0.269. The highest BCUT2D eigenvalue weighted by atomic mass is 19.4. The maximum absolute atomic E-state index is 13.1. The zero-order valence-corrected chi connectivity index (χ0v) is 19.6. The quantitative estimate of drug-likeness (QED) is 0.561. The highest BCUT2D eigenvalue weighted by Gasteiger charge is 2.33. The predicted octanol–water partition coefficient (Wildman–Crippen LogP) is 3.77. The molecule has 3 aromatic rings. The van der Waals surface area contributed by atoms with Crippen LogP contribution in [0.25, 0.3) is 11.3 Å². The average molecular weight is 499 g/mol. The molecule has 1 aromatic heterocycles. The molecule has 1 fully saturated rings. The second kappa shape index (κ2) is 10.4. The van der Waals surface area contributed by atoms with Crippen molar-refractivity contribution < 1.29 is 22.8 Å². The van der Waals surface area contributed by atoms with Crippen LogP contribution in [0, 0.1) is 6.92 Å². The molecule has 4 rings (SSSR count). The number of aromatic nitrogens is 1. The van der Waals surface area contributed by atoms with Gasteiger partial charge in [-0.3, -0.25) is 19.3 Å². The monoisotopic (exact) mass is 498 g/mol. The Bertz CT molecular complexity index is 1330. The number of aryl methyl sites for hydroxylation is 1. The van der Waals surface area contributed by atoms with Crippen molar-refractivity contribution in [1.82, 2.24) is 14.8 Å². The molecular formula is C26H25F3N4O3. The number of hydrogen-bond acceptors (Lipinski definition) is 4. The number of nitrogens with one attached hydrogen (secondary N) is 2. The molecule has 0 spiro atoms. The summed E-state index contributed by atoms with van der Waals surface area (Å²) in [6.07, 6.45) is -4.58. The van der Waals surface area contributed by atoms with Gasteiger partial charge in [-0.05, 0) is 42.8 Å². The number of hydrogen-bond donors (Lipinski definition) is 2. The lowest BCUT2D eigenvalue weighted by atomic mass is 10.1. The van der Waals surface area contributed by atoms with Crippen LogP contribution in [0.15, 0.2) is 65.5 Å².